The van der Waals surface area contributed by atoms with Crippen molar-refractivity contribution < 1.29 is 27.8 Å². The van der Waals surface area contributed by atoms with Gasteiger partial charge < -0.3 is 15.2 Å². The number of nitrogens with zero attached hydrogens (tertiary/aromatic N) is 2. The lowest BCUT2D eigenvalue weighted by Gasteiger charge is -2.16. The number of amides is 1. The van der Waals surface area contributed by atoms with Crippen LogP contribution in [0.4, 0.5) is 19.0 Å². The van der Waals surface area contributed by atoms with Gasteiger partial charge in [-0.25, -0.2) is 9.97 Å². The van der Waals surface area contributed by atoms with Gasteiger partial charge in [-0.3, -0.25) is 10.1 Å². The van der Waals surface area contributed by atoms with E-state index in [1.165, 1.54) is 6.07 Å². The molecule has 2 aromatic heterocycles. The van der Waals surface area contributed by atoms with E-state index in [0.29, 0.717) is 29.7 Å². The average Bonchev–Trinajstić information content (AvgIpc) is 2.64. The molecule has 7 nitrogen and oxygen atoms in total. The number of aliphatic hydroxyl groups excluding tert-OH is 1. The summed E-state index contributed by atoms with van der Waals surface area (Å²) < 4.78 is 43.0. The lowest BCUT2D eigenvalue weighted by Crippen LogP contribution is -2.26. The van der Waals surface area contributed by atoms with Crippen LogP contribution >= 0.6 is 11.6 Å². The first-order valence-electron chi connectivity index (χ1n) is 8.65. The quantitative estimate of drug-likeness (QED) is 0.436. The molecule has 158 valence electrons. The molecule has 2 rings (SSSR count). The maximum absolute atomic E-state index is 12.6. The summed E-state index contributed by atoms with van der Waals surface area (Å²) in [5.74, 6) is -0.0178. The number of hydrogen-bond acceptors (Lipinski definition) is 6. The summed E-state index contributed by atoms with van der Waals surface area (Å²) in [5.41, 5.74) is 0.115. The number of aliphatic hydroxyl groups is 1. The molecule has 0 saturated carbocycles. The van der Waals surface area contributed by atoms with Crippen LogP contribution in [0, 0.1) is 6.92 Å². The van der Waals surface area contributed by atoms with Gasteiger partial charge in [0.15, 0.2) is 0 Å². The Balaban J connectivity index is 1.90. The van der Waals surface area contributed by atoms with Crippen molar-refractivity contribution in [3.8, 4) is 5.88 Å². The zero-order valence-electron chi connectivity index (χ0n) is 15.7. The highest BCUT2D eigenvalue weighted by molar-refractivity contribution is 6.31. The Morgan fingerprint density at radius 1 is 1.34 bits per heavy atom. The first kappa shape index (κ1) is 22.9. The van der Waals surface area contributed by atoms with E-state index in [0.717, 1.165) is 6.07 Å². The standard InChI is InChI=1S/C18H20ClF3N4O3/c1-3-15(27)26-14-7-11(6-10(2)25-14)16(28)23-4-5-29-17-13(19)8-12(9-24-17)18(20,21)22/h6-9,16,23,28H,3-5H2,1-2H3,(H,25,26,27). The van der Waals surface area contributed by atoms with Crippen molar-refractivity contribution in [1.29, 1.82) is 0 Å². The number of alkyl halides is 3. The first-order chi connectivity index (χ1) is 13.6. The molecule has 0 spiro atoms. The molecule has 29 heavy (non-hydrogen) atoms. The Morgan fingerprint density at radius 3 is 2.69 bits per heavy atom. The van der Waals surface area contributed by atoms with E-state index in [4.69, 9.17) is 16.3 Å². The minimum absolute atomic E-state index is 0.00135. The summed E-state index contributed by atoms with van der Waals surface area (Å²) in [4.78, 5) is 19.2. The van der Waals surface area contributed by atoms with E-state index in [1.54, 1.807) is 19.9 Å². The molecule has 0 radical (unpaired) electrons. The van der Waals surface area contributed by atoms with Gasteiger partial charge in [0.25, 0.3) is 0 Å². The largest absolute Gasteiger partial charge is 0.475 e. The lowest BCUT2D eigenvalue weighted by atomic mass is 10.2. The molecule has 0 aliphatic heterocycles. The Morgan fingerprint density at radius 2 is 2.07 bits per heavy atom. The van der Waals surface area contributed by atoms with E-state index in [-0.39, 0.29) is 30.0 Å². The van der Waals surface area contributed by atoms with Crippen molar-refractivity contribution >= 4 is 23.3 Å². The second-order valence-electron chi connectivity index (χ2n) is 6.04. The minimum atomic E-state index is -4.54. The highest BCUT2D eigenvalue weighted by atomic mass is 35.5. The number of carbonyl (C=O) groups is 1. The van der Waals surface area contributed by atoms with Gasteiger partial charge in [-0.2, -0.15) is 13.2 Å². The van der Waals surface area contributed by atoms with Crippen LogP contribution in [0.2, 0.25) is 5.02 Å². The second-order valence-corrected chi connectivity index (χ2v) is 6.45. The molecular weight excluding hydrogens is 413 g/mol. The molecule has 1 amide bonds. The molecule has 0 aliphatic rings. The molecule has 2 heterocycles. The number of nitrogens with one attached hydrogen (secondary N) is 2. The van der Waals surface area contributed by atoms with Crippen LogP contribution in [-0.2, 0) is 11.0 Å². The number of aryl methyl sites for hydroxylation is 1. The van der Waals surface area contributed by atoms with E-state index >= 15 is 0 Å². The summed E-state index contributed by atoms with van der Waals surface area (Å²) in [7, 11) is 0. The number of rotatable bonds is 8. The van der Waals surface area contributed by atoms with E-state index < -0.39 is 18.0 Å². The summed E-state index contributed by atoms with van der Waals surface area (Å²) in [5, 5.41) is 15.4. The minimum Gasteiger partial charge on any atom is -0.475 e. The Labute approximate surface area is 170 Å². The predicted molar refractivity (Wildman–Crippen MR) is 101 cm³/mol. The van der Waals surface area contributed by atoms with Gasteiger partial charge in [0.1, 0.15) is 23.7 Å². The average molecular weight is 433 g/mol. The molecular formula is C18H20ClF3N4O3. The van der Waals surface area contributed by atoms with Crippen LogP contribution in [0.3, 0.4) is 0 Å². The van der Waals surface area contributed by atoms with Crippen LogP contribution < -0.4 is 15.4 Å². The third-order valence-corrected chi connectivity index (χ3v) is 3.96. The van der Waals surface area contributed by atoms with Gasteiger partial charge in [0.2, 0.25) is 11.8 Å². The first-order valence-corrected chi connectivity index (χ1v) is 9.03. The maximum atomic E-state index is 12.6. The van der Waals surface area contributed by atoms with E-state index in [9.17, 15) is 23.1 Å². The fourth-order valence-electron chi connectivity index (χ4n) is 2.30. The van der Waals surface area contributed by atoms with Crippen LogP contribution in [0.15, 0.2) is 24.4 Å². The molecule has 3 N–H and O–H groups in total. The number of pyridine rings is 2. The molecule has 1 unspecified atom stereocenters. The molecule has 0 aromatic carbocycles. The Bertz CT molecular complexity index is 865. The van der Waals surface area contributed by atoms with Gasteiger partial charge in [-0.15, -0.1) is 0 Å². The zero-order chi connectivity index (χ0) is 21.6. The molecule has 11 heteroatoms. The van der Waals surface area contributed by atoms with Gasteiger partial charge in [-0.1, -0.05) is 18.5 Å². The number of ether oxygens (including phenoxy) is 1. The van der Waals surface area contributed by atoms with Crippen molar-refractivity contribution in [2.45, 2.75) is 32.7 Å². The number of hydrogen-bond donors (Lipinski definition) is 3. The van der Waals surface area contributed by atoms with Crippen LogP contribution in [0.5, 0.6) is 5.88 Å². The topological polar surface area (TPSA) is 96.4 Å². The van der Waals surface area contributed by atoms with Gasteiger partial charge >= 0.3 is 6.18 Å². The van der Waals surface area contributed by atoms with Crippen LogP contribution in [0.1, 0.15) is 36.4 Å². The van der Waals surface area contributed by atoms with Gasteiger partial charge in [0.05, 0.1) is 5.56 Å². The predicted octanol–water partition coefficient (Wildman–Crippen LogP) is 3.47. The summed E-state index contributed by atoms with van der Waals surface area (Å²) in [6.45, 7) is 3.58. The number of anilines is 1. The Hall–Kier alpha value is -2.43. The van der Waals surface area contributed by atoms with Crippen molar-refractivity contribution in [1.82, 2.24) is 15.3 Å². The molecule has 1 atom stereocenters. The number of carbonyl (C=O) groups excluding carboxylic acids is 1. The Kier molecular flexibility index (Phi) is 7.77. The summed E-state index contributed by atoms with van der Waals surface area (Å²) >= 11 is 5.76. The monoisotopic (exact) mass is 432 g/mol. The van der Waals surface area contributed by atoms with Gasteiger partial charge in [0, 0.05) is 30.4 Å². The van der Waals surface area contributed by atoms with Crippen LogP contribution in [0.25, 0.3) is 0 Å². The highest BCUT2D eigenvalue weighted by Gasteiger charge is 2.31. The third kappa shape index (κ3) is 6.84. The van der Waals surface area contributed by atoms with Gasteiger partial charge in [-0.05, 0) is 25.1 Å². The fraction of sp³-hybridized carbons (Fsp3) is 0.389. The zero-order valence-corrected chi connectivity index (χ0v) is 16.4. The molecule has 2 aromatic rings. The maximum Gasteiger partial charge on any atom is 0.417 e. The van der Waals surface area contributed by atoms with Crippen molar-refractivity contribution in [2.75, 3.05) is 18.5 Å². The van der Waals surface area contributed by atoms with Crippen LogP contribution in [-0.4, -0.2) is 34.1 Å². The van der Waals surface area contributed by atoms with Crippen molar-refractivity contribution in [3.05, 3.63) is 46.2 Å². The highest BCUT2D eigenvalue weighted by Crippen LogP contribution is 2.33. The molecule has 0 bridgehead atoms. The number of halogens is 4. The van der Waals surface area contributed by atoms with E-state index in [1.807, 2.05) is 0 Å². The van der Waals surface area contributed by atoms with Crippen molar-refractivity contribution in [2.24, 2.45) is 0 Å². The lowest BCUT2D eigenvalue weighted by molar-refractivity contribution is -0.137. The smallest absolute Gasteiger partial charge is 0.417 e. The second kappa shape index (κ2) is 9.86. The SMILES string of the molecule is CCC(=O)Nc1cc(C(O)NCCOc2ncc(C(F)(F)F)cc2Cl)cc(C)n1. The third-order valence-electron chi connectivity index (χ3n) is 3.69. The number of aromatic nitrogens is 2. The molecule has 0 saturated heterocycles. The normalized spacial score (nSPS) is 12.5. The fourth-order valence-corrected chi connectivity index (χ4v) is 2.52. The molecule has 0 aliphatic carbocycles. The summed E-state index contributed by atoms with van der Waals surface area (Å²) in [6.07, 6.45) is -4.69. The van der Waals surface area contributed by atoms with E-state index in [2.05, 4.69) is 20.6 Å². The summed E-state index contributed by atoms with van der Waals surface area (Å²) in [6, 6.07) is 3.92. The van der Waals surface area contributed by atoms with Crippen molar-refractivity contribution in [3.63, 3.8) is 0 Å². The molecule has 0 fully saturated rings.